The Balaban J connectivity index is 1.68. The summed E-state index contributed by atoms with van der Waals surface area (Å²) in [7, 11) is 3.50. The molecule has 4 nitrogen and oxygen atoms in total. The number of ether oxygens (including phenoxy) is 1. The Labute approximate surface area is 186 Å². The van der Waals surface area contributed by atoms with Crippen LogP contribution in [0.4, 0.5) is 0 Å². The number of rotatable bonds is 4. The molecule has 0 N–H and O–H groups in total. The molecule has 0 radical (unpaired) electrons. The number of carbonyl (C=O) groups is 1. The van der Waals surface area contributed by atoms with E-state index in [1.807, 2.05) is 78.9 Å². The molecule has 0 saturated carbocycles. The Morgan fingerprint density at radius 1 is 0.781 bits per heavy atom. The zero-order chi connectivity index (χ0) is 22.1. The lowest BCUT2D eigenvalue weighted by Gasteiger charge is -2.15. The second-order valence-corrected chi connectivity index (χ2v) is 7.89. The summed E-state index contributed by atoms with van der Waals surface area (Å²) < 4.78 is 6.43. The van der Waals surface area contributed by atoms with Gasteiger partial charge in [0.1, 0.15) is 5.75 Å². The Bertz CT molecular complexity index is 1450. The molecule has 4 heteroatoms. The Kier molecular flexibility index (Phi) is 5.04. The predicted molar refractivity (Wildman–Crippen MR) is 129 cm³/mol. The smallest absolute Gasteiger partial charge is 0.253 e. The van der Waals surface area contributed by atoms with Gasteiger partial charge in [-0.15, -0.1) is 0 Å². The molecule has 1 amide bonds. The fraction of sp³-hybridized carbons (Fsp3) is 0.0714. The highest BCUT2D eigenvalue weighted by molar-refractivity contribution is 5.96. The molecule has 5 aromatic rings. The highest BCUT2D eigenvalue weighted by Crippen LogP contribution is 2.37. The molecular formula is C28H22N2O2. The molecule has 0 fully saturated rings. The molecule has 0 aliphatic rings. The van der Waals surface area contributed by atoms with Crippen molar-refractivity contribution < 1.29 is 9.53 Å². The van der Waals surface area contributed by atoms with E-state index in [9.17, 15) is 4.79 Å². The van der Waals surface area contributed by atoms with Gasteiger partial charge in [0.25, 0.3) is 5.91 Å². The minimum absolute atomic E-state index is 0.0443. The van der Waals surface area contributed by atoms with E-state index in [0.717, 1.165) is 38.6 Å². The molecule has 1 heterocycles. The third-order valence-corrected chi connectivity index (χ3v) is 5.47. The second-order valence-electron chi connectivity index (χ2n) is 7.89. The van der Waals surface area contributed by atoms with E-state index >= 15 is 0 Å². The van der Waals surface area contributed by atoms with E-state index in [4.69, 9.17) is 9.72 Å². The van der Waals surface area contributed by atoms with Crippen LogP contribution in [0.15, 0.2) is 97.1 Å². The molecule has 0 spiro atoms. The first-order chi connectivity index (χ1) is 15.6. The maximum atomic E-state index is 12.5. The molecule has 4 aromatic carbocycles. The average Bonchev–Trinajstić information content (AvgIpc) is 2.83. The summed E-state index contributed by atoms with van der Waals surface area (Å²) in [5, 5.41) is 3.13. The van der Waals surface area contributed by atoms with Gasteiger partial charge in [0.2, 0.25) is 5.88 Å². The highest BCUT2D eigenvalue weighted by Gasteiger charge is 2.15. The third kappa shape index (κ3) is 3.67. The SMILES string of the molecule is CN(C)C(=O)c1cccc(-c2cc3ccccc3nc2Oc2cccc3ccccc23)c1. The van der Waals surface area contributed by atoms with E-state index in [2.05, 4.69) is 18.2 Å². The number of nitrogens with zero attached hydrogens (tertiary/aromatic N) is 2. The lowest BCUT2D eigenvalue weighted by Crippen LogP contribution is -2.21. The zero-order valence-electron chi connectivity index (χ0n) is 17.9. The van der Waals surface area contributed by atoms with Crippen molar-refractivity contribution >= 4 is 27.6 Å². The number of aromatic nitrogens is 1. The number of pyridine rings is 1. The Morgan fingerprint density at radius 2 is 1.50 bits per heavy atom. The van der Waals surface area contributed by atoms with Crippen LogP contribution in [0.5, 0.6) is 11.6 Å². The van der Waals surface area contributed by atoms with Crippen molar-refractivity contribution in [2.24, 2.45) is 0 Å². The number of benzene rings is 4. The normalized spacial score (nSPS) is 10.9. The number of hydrogen-bond acceptors (Lipinski definition) is 3. The van der Waals surface area contributed by atoms with Gasteiger partial charge in [0.05, 0.1) is 5.52 Å². The van der Waals surface area contributed by atoms with Gasteiger partial charge in [0.15, 0.2) is 0 Å². The molecule has 0 aliphatic heterocycles. The van der Waals surface area contributed by atoms with Crippen LogP contribution in [0.3, 0.4) is 0 Å². The first-order valence-corrected chi connectivity index (χ1v) is 10.5. The monoisotopic (exact) mass is 418 g/mol. The van der Waals surface area contributed by atoms with Crippen LogP contribution < -0.4 is 4.74 Å². The van der Waals surface area contributed by atoms with Crippen LogP contribution >= 0.6 is 0 Å². The molecule has 1 aromatic heterocycles. The van der Waals surface area contributed by atoms with Gasteiger partial charge < -0.3 is 9.64 Å². The van der Waals surface area contributed by atoms with Crippen LogP contribution in [0.1, 0.15) is 10.4 Å². The average molecular weight is 418 g/mol. The molecule has 0 aliphatic carbocycles. The number of carbonyl (C=O) groups excluding carboxylic acids is 1. The Morgan fingerprint density at radius 3 is 2.34 bits per heavy atom. The minimum atomic E-state index is -0.0443. The lowest BCUT2D eigenvalue weighted by atomic mass is 10.0. The summed E-state index contributed by atoms with van der Waals surface area (Å²) in [6.45, 7) is 0. The Hall–Kier alpha value is -4.18. The summed E-state index contributed by atoms with van der Waals surface area (Å²) in [5.74, 6) is 1.21. The van der Waals surface area contributed by atoms with Crippen LogP contribution in [0.25, 0.3) is 32.8 Å². The molecule has 0 saturated heterocycles. The first-order valence-electron chi connectivity index (χ1n) is 10.5. The van der Waals surface area contributed by atoms with Gasteiger partial charge in [0, 0.05) is 36.0 Å². The number of para-hydroxylation sites is 1. The summed E-state index contributed by atoms with van der Waals surface area (Å²) in [6, 6.07) is 31.7. The van der Waals surface area contributed by atoms with Crippen LogP contribution in [-0.4, -0.2) is 29.9 Å². The topological polar surface area (TPSA) is 42.4 Å². The second kappa shape index (κ2) is 8.16. The van der Waals surface area contributed by atoms with Crippen molar-refractivity contribution in [1.29, 1.82) is 0 Å². The van der Waals surface area contributed by atoms with E-state index in [1.54, 1.807) is 19.0 Å². The zero-order valence-corrected chi connectivity index (χ0v) is 17.9. The van der Waals surface area contributed by atoms with Crippen LogP contribution in [-0.2, 0) is 0 Å². The molecule has 0 bridgehead atoms. The summed E-state index contributed by atoms with van der Waals surface area (Å²) in [5.41, 5.74) is 3.19. The summed E-state index contributed by atoms with van der Waals surface area (Å²) >= 11 is 0. The van der Waals surface area contributed by atoms with Gasteiger partial charge in [-0.2, -0.15) is 0 Å². The van der Waals surface area contributed by atoms with Crippen LogP contribution in [0.2, 0.25) is 0 Å². The highest BCUT2D eigenvalue weighted by atomic mass is 16.5. The summed E-state index contributed by atoms with van der Waals surface area (Å²) in [6.07, 6.45) is 0. The van der Waals surface area contributed by atoms with Gasteiger partial charge >= 0.3 is 0 Å². The first kappa shape index (κ1) is 19.8. The van der Waals surface area contributed by atoms with Crippen molar-refractivity contribution in [2.75, 3.05) is 14.1 Å². The molecule has 5 rings (SSSR count). The summed E-state index contributed by atoms with van der Waals surface area (Å²) in [4.78, 5) is 19.0. The van der Waals surface area contributed by atoms with E-state index in [1.165, 1.54) is 0 Å². The van der Waals surface area contributed by atoms with E-state index in [0.29, 0.717) is 11.4 Å². The molecule has 32 heavy (non-hydrogen) atoms. The van der Waals surface area contributed by atoms with Crippen LogP contribution in [0, 0.1) is 0 Å². The maximum Gasteiger partial charge on any atom is 0.253 e. The largest absolute Gasteiger partial charge is 0.438 e. The van der Waals surface area contributed by atoms with Crippen molar-refractivity contribution in [3.63, 3.8) is 0 Å². The lowest BCUT2D eigenvalue weighted by molar-refractivity contribution is 0.0827. The van der Waals surface area contributed by atoms with Crippen molar-refractivity contribution in [3.8, 4) is 22.8 Å². The van der Waals surface area contributed by atoms with Crippen molar-refractivity contribution in [2.45, 2.75) is 0 Å². The predicted octanol–water partition coefficient (Wildman–Crippen LogP) is 6.55. The fourth-order valence-electron chi connectivity index (χ4n) is 3.85. The number of fused-ring (bicyclic) bond motifs is 2. The standard InChI is InChI=1S/C28H22N2O2/c1-30(2)28(31)22-13-7-12-20(17-22)24-18-21-10-4-6-15-25(21)29-27(24)32-26-16-8-11-19-9-3-5-14-23(19)26/h3-18H,1-2H3. The van der Waals surface area contributed by atoms with Gasteiger partial charge in [-0.05, 0) is 41.3 Å². The van der Waals surface area contributed by atoms with Crippen molar-refractivity contribution in [1.82, 2.24) is 9.88 Å². The molecule has 0 unspecified atom stereocenters. The van der Waals surface area contributed by atoms with Crippen molar-refractivity contribution in [3.05, 3.63) is 103 Å². The van der Waals surface area contributed by atoms with E-state index in [-0.39, 0.29) is 5.91 Å². The third-order valence-electron chi connectivity index (χ3n) is 5.47. The molecule has 156 valence electrons. The quantitative estimate of drug-likeness (QED) is 0.332. The number of hydrogen-bond donors (Lipinski definition) is 0. The molecular weight excluding hydrogens is 396 g/mol. The van der Waals surface area contributed by atoms with E-state index < -0.39 is 0 Å². The molecule has 0 atom stereocenters. The fourth-order valence-corrected chi connectivity index (χ4v) is 3.85. The minimum Gasteiger partial charge on any atom is -0.438 e. The maximum absolute atomic E-state index is 12.5. The van der Waals surface area contributed by atoms with Gasteiger partial charge in [-0.1, -0.05) is 66.7 Å². The van der Waals surface area contributed by atoms with Gasteiger partial charge in [-0.25, -0.2) is 4.98 Å². The number of amides is 1. The van der Waals surface area contributed by atoms with Gasteiger partial charge in [-0.3, -0.25) is 4.79 Å².